The molecule has 1 rings (SSSR count). The Bertz CT molecular complexity index is 387. The summed E-state index contributed by atoms with van der Waals surface area (Å²) < 4.78 is 10.7. The molecule has 0 spiro atoms. The maximum absolute atomic E-state index is 9.94. The van der Waals surface area contributed by atoms with Crippen LogP contribution >= 0.6 is 0 Å². The van der Waals surface area contributed by atoms with Crippen LogP contribution in [0.5, 0.6) is 0 Å². The van der Waals surface area contributed by atoms with Crippen LogP contribution in [0.25, 0.3) is 0 Å². The third-order valence-electron chi connectivity index (χ3n) is 5.66. The Labute approximate surface area is 178 Å². The van der Waals surface area contributed by atoms with E-state index in [0.29, 0.717) is 6.61 Å². The fourth-order valence-electron chi connectivity index (χ4n) is 3.72. The van der Waals surface area contributed by atoms with Gasteiger partial charge in [0.2, 0.25) is 0 Å². The fraction of sp³-hybridized carbons (Fsp3) is 0.917. The molecule has 5 heteroatoms. The first kappa shape index (κ1) is 26.6. The summed E-state index contributed by atoms with van der Waals surface area (Å²) in [6.07, 6.45) is 19.1. The van der Waals surface area contributed by atoms with Crippen molar-refractivity contribution in [2.24, 2.45) is 0 Å². The number of aliphatic hydroxyl groups excluding tert-OH is 3. The van der Waals surface area contributed by atoms with E-state index < -0.39 is 24.4 Å². The molecular weight excluding hydrogens is 368 g/mol. The quantitative estimate of drug-likeness (QED) is 0.214. The van der Waals surface area contributed by atoms with Gasteiger partial charge in [0, 0.05) is 6.61 Å². The Morgan fingerprint density at radius 2 is 1.41 bits per heavy atom. The van der Waals surface area contributed by atoms with Crippen LogP contribution < -0.4 is 0 Å². The van der Waals surface area contributed by atoms with E-state index in [-0.39, 0.29) is 13.2 Å². The van der Waals surface area contributed by atoms with Crippen LogP contribution in [0.3, 0.4) is 0 Å². The Hall–Kier alpha value is -0.460. The number of ether oxygens (including phenoxy) is 2. The average molecular weight is 415 g/mol. The van der Waals surface area contributed by atoms with E-state index in [2.05, 4.69) is 19.1 Å². The topological polar surface area (TPSA) is 79.2 Å². The molecule has 0 aliphatic carbocycles. The largest absolute Gasteiger partial charge is 0.388 e. The summed E-state index contributed by atoms with van der Waals surface area (Å²) in [5.41, 5.74) is 0. The van der Waals surface area contributed by atoms with Gasteiger partial charge in [-0.2, -0.15) is 0 Å². The van der Waals surface area contributed by atoms with E-state index >= 15 is 0 Å². The van der Waals surface area contributed by atoms with Gasteiger partial charge in [-0.25, -0.2) is 0 Å². The van der Waals surface area contributed by atoms with Crippen molar-refractivity contribution < 1.29 is 24.8 Å². The van der Waals surface area contributed by atoms with Crippen molar-refractivity contribution in [2.45, 2.75) is 121 Å². The first-order valence-corrected chi connectivity index (χ1v) is 12.0. The zero-order valence-electron chi connectivity index (χ0n) is 18.6. The first-order chi connectivity index (χ1) is 14.2. The number of unbranched alkanes of at least 4 members (excludes halogenated alkanes) is 12. The van der Waals surface area contributed by atoms with Crippen LogP contribution in [0, 0.1) is 0 Å². The van der Waals surface area contributed by atoms with E-state index in [1.54, 1.807) is 0 Å². The van der Waals surface area contributed by atoms with Gasteiger partial charge in [0.05, 0.1) is 13.2 Å². The maximum atomic E-state index is 9.94. The molecule has 1 aliphatic heterocycles. The Morgan fingerprint density at radius 1 is 0.862 bits per heavy atom. The monoisotopic (exact) mass is 414 g/mol. The molecule has 5 nitrogen and oxygen atoms in total. The lowest BCUT2D eigenvalue weighted by atomic mass is 10.1. The molecule has 0 aromatic rings. The Morgan fingerprint density at radius 3 is 1.97 bits per heavy atom. The number of rotatable bonds is 19. The van der Waals surface area contributed by atoms with Crippen molar-refractivity contribution in [2.75, 3.05) is 19.8 Å². The van der Waals surface area contributed by atoms with E-state index in [4.69, 9.17) is 9.47 Å². The summed E-state index contributed by atoms with van der Waals surface area (Å²) in [5, 5.41) is 29.0. The lowest BCUT2D eigenvalue weighted by Crippen LogP contribution is -2.40. The van der Waals surface area contributed by atoms with Gasteiger partial charge >= 0.3 is 0 Å². The molecule has 3 N–H and O–H groups in total. The van der Waals surface area contributed by atoms with Crippen LogP contribution in [0.1, 0.15) is 96.8 Å². The molecule has 29 heavy (non-hydrogen) atoms. The molecular formula is C24H46O5. The van der Waals surface area contributed by atoms with Crippen molar-refractivity contribution in [1.29, 1.82) is 0 Å². The van der Waals surface area contributed by atoms with Gasteiger partial charge in [0.1, 0.15) is 24.4 Å². The van der Waals surface area contributed by atoms with Gasteiger partial charge in [0.15, 0.2) is 0 Å². The lowest BCUT2D eigenvalue weighted by Gasteiger charge is -2.20. The molecule has 1 saturated heterocycles. The maximum Gasteiger partial charge on any atom is 0.114 e. The van der Waals surface area contributed by atoms with Crippen LogP contribution in [-0.2, 0) is 9.47 Å². The van der Waals surface area contributed by atoms with E-state index in [1.807, 2.05) is 0 Å². The summed E-state index contributed by atoms with van der Waals surface area (Å²) in [4.78, 5) is 0. The van der Waals surface area contributed by atoms with Crippen molar-refractivity contribution in [3.63, 3.8) is 0 Å². The predicted octanol–water partition coefficient (Wildman–Crippen LogP) is 4.52. The van der Waals surface area contributed by atoms with Crippen molar-refractivity contribution >= 4 is 0 Å². The summed E-state index contributed by atoms with van der Waals surface area (Å²) in [5.74, 6) is 0. The van der Waals surface area contributed by atoms with Gasteiger partial charge in [-0.3, -0.25) is 0 Å². The minimum Gasteiger partial charge on any atom is -0.388 e. The summed E-state index contributed by atoms with van der Waals surface area (Å²) >= 11 is 0. The SMILES string of the molecule is CCCCCCCCCCC/C=C/CCCCCOC[C@H](O)[C@H]1OC[C@@H](O)[C@H]1O. The first-order valence-electron chi connectivity index (χ1n) is 12.0. The van der Waals surface area contributed by atoms with Gasteiger partial charge < -0.3 is 24.8 Å². The highest BCUT2D eigenvalue weighted by Crippen LogP contribution is 2.18. The number of allylic oxidation sites excluding steroid dienone is 2. The zero-order valence-corrected chi connectivity index (χ0v) is 18.6. The minimum atomic E-state index is -1.03. The summed E-state index contributed by atoms with van der Waals surface area (Å²) in [7, 11) is 0. The van der Waals surface area contributed by atoms with Crippen LogP contribution in [-0.4, -0.2) is 59.6 Å². The second kappa shape index (κ2) is 18.3. The lowest BCUT2D eigenvalue weighted by molar-refractivity contribution is -0.0813. The van der Waals surface area contributed by atoms with E-state index in [0.717, 1.165) is 25.7 Å². The summed E-state index contributed by atoms with van der Waals surface area (Å²) in [6.45, 7) is 3.07. The molecule has 1 fully saturated rings. The standard InChI is InChI=1S/C24H46O5/c1-2-3-4-5-6-7-8-9-10-11-12-13-14-15-16-17-18-28-19-22(26)24-23(27)21(25)20-29-24/h12-13,21-27H,2-11,14-20H2,1H3/b13-12+/t21-,22+,23-,24-/m1/s1. The van der Waals surface area contributed by atoms with E-state index in [1.165, 1.54) is 64.2 Å². The van der Waals surface area contributed by atoms with Crippen LogP contribution in [0.4, 0.5) is 0 Å². The summed E-state index contributed by atoms with van der Waals surface area (Å²) in [6, 6.07) is 0. The van der Waals surface area contributed by atoms with E-state index in [9.17, 15) is 15.3 Å². The minimum absolute atomic E-state index is 0.0650. The van der Waals surface area contributed by atoms with Gasteiger partial charge in [-0.15, -0.1) is 0 Å². The highest BCUT2D eigenvalue weighted by Gasteiger charge is 2.39. The highest BCUT2D eigenvalue weighted by molar-refractivity contribution is 4.87. The molecule has 0 unspecified atom stereocenters. The molecule has 0 saturated carbocycles. The third kappa shape index (κ3) is 13.5. The molecule has 0 radical (unpaired) electrons. The predicted molar refractivity (Wildman–Crippen MR) is 118 cm³/mol. The van der Waals surface area contributed by atoms with Crippen LogP contribution in [0.2, 0.25) is 0 Å². The van der Waals surface area contributed by atoms with Gasteiger partial charge in [-0.1, -0.05) is 76.9 Å². The molecule has 0 aromatic carbocycles. The van der Waals surface area contributed by atoms with Crippen molar-refractivity contribution in [3.8, 4) is 0 Å². The molecule has 4 atom stereocenters. The van der Waals surface area contributed by atoms with Gasteiger partial charge in [0.25, 0.3) is 0 Å². The Kier molecular flexibility index (Phi) is 16.8. The highest BCUT2D eigenvalue weighted by atomic mass is 16.5. The Balaban J connectivity index is 1.79. The number of aliphatic hydroxyl groups is 3. The molecule has 0 amide bonds. The molecule has 1 heterocycles. The number of hydrogen-bond donors (Lipinski definition) is 3. The average Bonchev–Trinajstić information content (AvgIpc) is 3.05. The zero-order chi connectivity index (χ0) is 21.2. The molecule has 0 aromatic heterocycles. The second-order valence-electron chi connectivity index (χ2n) is 8.44. The third-order valence-corrected chi connectivity index (χ3v) is 5.66. The fourth-order valence-corrected chi connectivity index (χ4v) is 3.72. The second-order valence-corrected chi connectivity index (χ2v) is 8.44. The van der Waals surface area contributed by atoms with Gasteiger partial charge in [-0.05, 0) is 32.1 Å². The smallest absolute Gasteiger partial charge is 0.114 e. The normalized spacial score (nSPS) is 23.2. The van der Waals surface area contributed by atoms with Crippen molar-refractivity contribution in [3.05, 3.63) is 12.2 Å². The molecule has 172 valence electrons. The molecule has 1 aliphatic rings. The van der Waals surface area contributed by atoms with Crippen LogP contribution in [0.15, 0.2) is 12.2 Å². The molecule has 0 bridgehead atoms. The number of hydrogen-bond acceptors (Lipinski definition) is 5. The van der Waals surface area contributed by atoms with Crippen molar-refractivity contribution in [1.82, 2.24) is 0 Å².